The molecule has 25 heavy (non-hydrogen) atoms. The van der Waals surface area contributed by atoms with Gasteiger partial charge in [0.15, 0.2) is 11.6 Å². The minimum absolute atomic E-state index is 0.152. The highest BCUT2D eigenvalue weighted by Gasteiger charge is 2.26. The maximum absolute atomic E-state index is 13.4. The van der Waals surface area contributed by atoms with Gasteiger partial charge in [0.2, 0.25) is 0 Å². The average Bonchev–Trinajstić information content (AvgIpc) is 3.06. The van der Waals surface area contributed by atoms with Crippen LogP contribution in [0.1, 0.15) is 42.3 Å². The van der Waals surface area contributed by atoms with Gasteiger partial charge in [0.1, 0.15) is 5.82 Å². The van der Waals surface area contributed by atoms with Gasteiger partial charge in [-0.2, -0.15) is 4.98 Å². The van der Waals surface area contributed by atoms with Crippen molar-refractivity contribution in [2.45, 2.75) is 44.7 Å². The van der Waals surface area contributed by atoms with E-state index in [-0.39, 0.29) is 11.5 Å². The summed E-state index contributed by atoms with van der Waals surface area (Å²) >= 11 is 0. The Morgan fingerprint density at radius 3 is 2.84 bits per heavy atom. The van der Waals surface area contributed by atoms with Gasteiger partial charge in [-0.1, -0.05) is 6.07 Å². The molecule has 1 saturated heterocycles. The van der Waals surface area contributed by atoms with Gasteiger partial charge in [-0.05, 0) is 43.5 Å². The summed E-state index contributed by atoms with van der Waals surface area (Å²) in [6.45, 7) is 3.27. The van der Waals surface area contributed by atoms with Crippen LogP contribution in [0.15, 0.2) is 29.1 Å². The number of hydrogen-bond donors (Lipinski definition) is 0. The van der Waals surface area contributed by atoms with E-state index in [0.29, 0.717) is 6.54 Å². The number of piperidine rings is 1. The predicted molar refractivity (Wildman–Crippen MR) is 90.4 cm³/mol. The van der Waals surface area contributed by atoms with Crippen molar-refractivity contribution in [2.75, 3.05) is 13.1 Å². The van der Waals surface area contributed by atoms with Gasteiger partial charge in [-0.15, -0.1) is 0 Å². The lowest BCUT2D eigenvalue weighted by Gasteiger charge is -2.34. The van der Waals surface area contributed by atoms with Crippen molar-refractivity contribution in [3.63, 3.8) is 0 Å². The molecule has 132 valence electrons. The minimum Gasteiger partial charge on any atom is -0.333 e. The average molecular weight is 345 g/mol. The molecule has 0 spiro atoms. The molecule has 6 heteroatoms. The minimum atomic E-state index is -0.813. The number of nitrogens with zero attached hydrogens (tertiary/aromatic N) is 3. The summed E-state index contributed by atoms with van der Waals surface area (Å²) in [6.07, 6.45) is 3.97. The van der Waals surface area contributed by atoms with Gasteiger partial charge < -0.3 is 4.57 Å². The number of rotatable bonds is 3. The Kier molecular flexibility index (Phi) is 4.37. The highest BCUT2D eigenvalue weighted by molar-refractivity contribution is 5.19. The van der Waals surface area contributed by atoms with Crippen LogP contribution in [-0.2, 0) is 19.5 Å². The van der Waals surface area contributed by atoms with Crippen LogP contribution >= 0.6 is 0 Å². The zero-order valence-corrected chi connectivity index (χ0v) is 14.0. The van der Waals surface area contributed by atoms with Crippen molar-refractivity contribution < 1.29 is 8.78 Å². The summed E-state index contributed by atoms with van der Waals surface area (Å²) < 4.78 is 28.7. The van der Waals surface area contributed by atoms with Gasteiger partial charge >= 0.3 is 0 Å². The second-order valence-electron chi connectivity index (χ2n) is 7.01. The topological polar surface area (TPSA) is 38.1 Å². The maximum atomic E-state index is 13.4. The van der Waals surface area contributed by atoms with Crippen LogP contribution in [0.5, 0.6) is 0 Å². The zero-order chi connectivity index (χ0) is 17.4. The van der Waals surface area contributed by atoms with Crippen molar-refractivity contribution in [1.29, 1.82) is 0 Å². The first-order chi connectivity index (χ1) is 12.1. The number of halogens is 2. The first kappa shape index (κ1) is 16.4. The molecule has 0 saturated carbocycles. The second-order valence-corrected chi connectivity index (χ2v) is 7.01. The van der Waals surface area contributed by atoms with E-state index >= 15 is 0 Å². The van der Waals surface area contributed by atoms with Crippen molar-refractivity contribution in [2.24, 2.45) is 0 Å². The van der Waals surface area contributed by atoms with E-state index in [1.165, 1.54) is 12.1 Å². The van der Waals surface area contributed by atoms with Crippen molar-refractivity contribution in [3.8, 4) is 0 Å². The highest BCUT2D eigenvalue weighted by Crippen LogP contribution is 2.29. The normalized spacial score (nSPS) is 20.6. The smallest absolute Gasteiger partial charge is 0.273 e. The molecule has 4 nitrogen and oxygen atoms in total. The fourth-order valence-corrected chi connectivity index (χ4v) is 4.09. The van der Waals surface area contributed by atoms with Gasteiger partial charge in [0.25, 0.3) is 5.56 Å². The van der Waals surface area contributed by atoms with Crippen LogP contribution in [0.4, 0.5) is 8.78 Å². The van der Waals surface area contributed by atoms with Gasteiger partial charge in [-0.25, -0.2) is 8.78 Å². The Bertz CT molecular complexity index is 849. The molecule has 0 amide bonds. The summed E-state index contributed by atoms with van der Waals surface area (Å²) in [5, 5.41) is 0. The van der Waals surface area contributed by atoms with Gasteiger partial charge in [-0.3, -0.25) is 9.69 Å². The van der Waals surface area contributed by atoms with E-state index in [1.54, 1.807) is 12.1 Å². The lowest BCUT2D eigenvalue weighted by molar-refractivity contribution is 0.196. The predicted octanol–water partition coefficient (Wildman–Crippen LogP) is 2.85. The third-order valence-corrected chi connectivity index (χ3v) is 5.23. The Labute approximate surface area is 145 Å². The van der Waals surface area contributed by atoms with Crippen LogP contribution in [0.2, 0.25) is 0 Å². The monoisotopic (exact) mass is 345 g/mol. The lowest BCUT2D eigenvalue weighted by Crippen LogP contribution is -2.35. The van der Waals surface area contributed by atoms with Crippen LogP contribution in [0.3, 0.4) is 0 Å². The molecule has 2 aliphatic heterocycles. The molecule has 4 rings (SSSR count). The molecule has 1 atom stereocenters. The largest absolute Gasteiger partial charge is 0.333 e. The summed E-state index contributed by atoms with van der Waals surface area (Å²) in [4.78, 5) is 18.3. The number of aromatic nitrogens is 2. The van der Waals surface area contributed by atoms with E-state index in [2.05, 4.69) is 14.5 Å². The molecule has 0 N–H and O–H groups in total. The summed E-state index contributed by atoms with van der Waals surface area (Å²) in [5.41, 5.74) is 1.71. The van der Waals surface area contributed by atoms with Crippen LogP contribution < -0.4 is 5.56 Å². The third kappa shape index (κ3) is 3.35. The quantitative estimate of drug-likeness (QED) is 0.859. The Balaban J connectivity index is 1.53. The van der Waals surface area contributed by atoms with E-state index < -0.39 is 11.6 Å². The molecular formula is C19H21F2N3O. The second kappa shape index (κ2) is 6.67. The molecule has 2 aromatic rings. The summed E-state index contributed by atoms with van der Waals surface area (Å²) in [5.74, 6) is -0.427. The molecule has 3 heterocycles. The molecule has 0 aliphatic carbocycles. The summed E-state index contributed by atoms with van der Waals surface area (Å²) in [6, 6.07) is 5.77. The lowest BCUT2D eigenvalue weighted by atomic mass is 9.93. The Morgan fingerprint density at radius 2 is 2.00 bits per heavy atom. The third-order valence-electron chi connectivity index (χ3n) is 5.23. The van der Waals surface area contributed by atoms with Crippen molar-refractivity contribution >= 4 is 0 Å². The molecule has 1 aromatic carbocycles. The number of hydrogen-bond acceptors (Lipinski definition) is 3. The standard InChI is InChI=1S/C19H21F2N3O/c20-15-6-5-13(9-16(15)21)11-23-7-1-3-14(12-23)17-10-19(25)22-18-4-2-8-24(17)18/h5-6,9-10,14H,1-4,7-8,11-12H2/t14-/m0/s1. The first-order valence-corrected chi connectivity index (χ1v) is 8.87. The SMILES string of the molecule is O=c1cc([C@H]2CCCN(Cc3ccc(F)c(F)c3)C2)n2c(n1)CCC2. The number of likely N-dealkylation sites (tertiary alicyclic amines) is 1. The fourth-order valence-electron chi connectivity index (χ4n) is 4.09. The summed E-state index contributed by atoms with van der Waals surface area (Å²) in [7, 11) is 0. The molecule has 0 radical (unpaired) electrons. The fraction of sp³-hybridized carbons (Fsp3) is 0.474. The van der Waals surface area contributed by atoms with Crippen molar-refractivity contribution in [1.82, 2.24) is 14.5 Å². The van der Waals surface area contributed by atoms with E-state index in [0.717, 1.165) is 62.4 Å². The molecule has 2 aliphatic rings. The van der Waals surface area contributed by atoms with Crippen molar-refractivity contribution in [3.05, 3.63) is 63.3 Å². The number of fused-ring (bicyclic) bond motifs is 1. The number of aryl methyl sites for hydroxylation is 1. The van der Waals surface area contributed by atoms with E-state index in [1.807, 2.05) is 0 Å². The Hall–Kier alpha value is -2.08. The Morgan fingerprint density at radius 1 is 1.12 bits per heavy atom. The first-order valence-electron chi connectivity index (χ1n) is 8.87. The van der Waals surface area contributed by atoms with Crippen LogP contribution in [0.25, 0.3) is 0 Å². The van der Waals surface area contributed by atoms with Crippen LogP contribution in [-0.4, -0.2) is 27.5 Å². The molecular weight excluding hydrogens is 324 g/mol. The van der Waals surface area contributed by atoms with Crippen LogP contribution in [0, 0.1) is 11.6 Å². The van der Waals surface area contributed by atoms with E-state index in [9.17, 15) is 13.6 Å². The van der Waals surface area contributed by atoms with E-state index in [4.69, 9.17) is 0 Å². The molecule has 0 bridgehead atoms. The highest BCUT2D eigenvalue weighted by atomic mass is 19.2. The van der Waals surface area contributed by atoms with Gasteiger partial charge in [0.05, 0.1) is 0 Å². The zero-order valence-electron chi connectivity index (χ0n) is 14.0. The number of benzene rings is 1. The molecule has 1 fully saturated rings. The molecule has 1 aromatic heterocycles. The maximum Gasteiger partial charge on any atom is 0.273 e. The van der Waals surface area contributed by atoms with Gasteiger partial charge in [0, 0.05) is 43.7 Å². The molecule has 0 unspecified atom stereocenters.